The van der Waals surface area contributed by atoms with Crippen molar-refractivity contribution in [1.82, 2.24) is 0 Å². The highest BCUT2D eigenvalue weighted by atomic mass is 27.1. The van der Waals surface area contributed by atoms with Gasteiger partial charge in [0.25, 0.3) is 0 Å². The first-order valence-electron chi connectivity index (χ1n) is 2.63. The van der Waals surface area contributed by atoms with Crippen molar-refractivity contribution >= 4 is 38.3 Å². The van der Waals surface area contributed by atoms with E-state index in [9.17, 15) is 0 Å². The van der Waals surface area contributed by atoms with Crippen molar-refractivity contribution < 1.29 is 0 Å². The van der Waals surface area contributed by atoms with Crippen molar-refractivity contribution in [2.24, 2.45) is 0 Å². The first-order valence-corrected chi connectivity index (χ1v) is 4.63. The zero-order valence-electron chi connectivity index (χ0n) is 4.69. The minimum absolute atomic E-state index is 0. The lowest BCUT2D eigenvalue weighted by Crippen LogP contribution is -1.79. The Balaban J connectivity index is 0. The maximum atomic E-state index is 3.63. The lowest BCUT2D eigenvalue weighted by atomic mass is 10.7. The van der Waals surface area contributed by atoms with E-state index < -0.39 is 0 Å². The van der Waals surface area contributed by atoms with Crippen molar-refractivity contribution in [2.75, 3.05) is 0 Å². The van der Waals surface area contributed by atoms with Crippen molar-refractivity contribution in [3.63, 3.8) is 0 Å². The smallest absolute Gasteiger partial charge is 0.105 e. The van der Waals surface area contributed by atoms with Gasteiger partial charge in [-0.3, -0.25) is 0 Å². The standard InChI is InChI=1S/2C3H5.Al.Mg.3H/c2*1-3-2;;;;;/h2*3H,1-2H2;;;;;. The van der Waals surface area contributed by atoms with Gasteiger partial charge in [0, 0.05) is 0 Å². The molecule has 0 rings (SSSR count). The largest absolute Gasteiger partial charge is 0.316 e. The van der Waals surface area contributed by atoms with Crippen LogP contribution in [0.5, 0.6) is 0 Å². The van der Waals surface area contributed by atoms with Gasteiger partial charge in [0.1, 0.15) is 0 Å². The minimum atomic E-state index is 0. The summed E-state index contributed by atoms with van der Waals surface area (Å²) in [6, 6.07) is 0. The monoisotopic (exact) mass is 136 g/mol. The molecule has 0 heterocycles. The molecule has 0 saturated carbocycles. The highest BCUT2D eigenvalue weighted by Gasteiger charge is 1.81. The maximum Gasteiger partial charge on any atom is 0.316 e. The molecule has 0 atom stereocenters. The summed E-state index contributed by atoms with van der Waals surface area (Å²) in [7, 11) is 0. The van der Waals surface area contributed by atoms with Crippen molar-refractivity contribution in [1.29, 1.82) is 0 Å². The SMILES string of the molecule is C=C[CH2][AlH][CH2]C=C.[MgH2]. The Morgan fingerprint density at radius 2 is 1.50 bits per heavy atom. The molecule has 0 aromatic rings. The molecule has 0 aromatic carbocycles. The zero-order chi connectivity index (χ0) is 5.54. The molecule has 0 N–H and O–H groups in total. The third-order valence-electron chi connectivity index (χ3n) is 0.816. The van der Waals surface area contributed by atoms with E-state index in [0.29, 0.717) is 0 Å². The fourth-order valence-corrected chi connectivity index (χ4v) is 1.22. The normalized spacial score (nSPS) is 6.50. The van der Waals surface area contributed by atoms with Crippen LogP contribution in [0.1, 0.15) is 0 Å². The van der Waals surface area contributed by atoms with Crippen LogP contribution in [0.2, 0.25) is 10.6 Å². The fourth-order valence-electron chi connectivity index (χ4n) is 0.407. The molecule has 8 heavy (non-hydrogen) atoms. The molecular formula is C6H13AlMg. The summed E-state index contributed by atoms with van der Waals surface area (Å²) in [6.07, 6.45) is 3.99. The molecule has 0 bridgehead atoms. The van der Waals surface area contributed by atoms with E-state index in [-0.39, 0.29) is 38.3 Å². The van der Waals surface area contributed by atoms with E-state index in [1.165, 1.54) is 10.6 Å². The minimum Gasteiger partial charge on any atom is -0.105 e. The second-order valence-electron chi connectivity index (χ2n) is 1.51. The van der Waals surface area contributed by atoms with Gasteiger partial charge in [-0.2, -0.15) is 0 Å². The Morgan fingerprint density at radius 3 is 1.75 bits per heavy atom. The first-order chi connectivity index (χ1) is 3.41. The summed E-state index contributed by atoms with van der Waals surface area (Å²) in [5.74, 6) is 0. The summed E-state index contributed by atoms with van der Waals surface area (Å²) in [5.41, 5.74) is 0. The highest BCUT2D eigenvalue weighted by molar-refractivity contribution is 6.36. The topological polar surface area (TPSA) is 0 Å². The average Bonchev–Trinajstić information content (AvgIpc) is 1.69. The molecule has 0 aromatic heterocycles. The van der Waals surface area contributed by atoms with E-state index in [4.69, 9.17) is 0 Å². The van der Waals surface area contributed by atoms with E-state index in [0.717, 1.165) is 0 Å². The van der Waals surface area contributed by atoms with Gasteiger partial charge in [-0.05, 0) is 0 Å². The maximum absolute atomic E-state index is 3.63. The van der Waals surface area contributed by atoms with Gasteiger partial charge in [0.2, 0.25) is 15.2 Å². The fraction of sp³-hybridized carbons (Fsp3) is 0.333. The lowest BCUT2D eigenvalue weighted by Gasteiger charge is -1.79. The molecule has 0 saturated heterocycles. The van der Waals surface area contributed by atoms with Gasteiger partial charge in [-0.15, -0.1) is 25.3 Å². The Morgan fingerprint density at radius 1 is 1.12 bits per heavy atom. The molecule has 0 nitrogen and oxygen atoms in total. The average molecular weight is 136 g/mol. The molecule has 0 aliphatic heterocycles. The number of rotatable bonds is 4. The molecule has 0 aliphatic rings. The lowest BCUT2D eigenvalue weighted by molar-refractivity contribution is 1.60. The van der Waals surface area contributed by atoms with Crippen LogP contribution in [-0.2, 0) is 0 Å². The van der Waals surface area contributed by atoms with Crippen LogP contribution in [0.4, 0.5) is 0 Å². The summed E-state index contributed by atoms with van der Waals surface area (Å²) in [4.78, 5) is 0. The predicted molar refractivity (Wildman–Crippen MR) is 45.7 cm³/mol. The van der Waals surface area contributed by atoms with E-state index in [1.807, 2.05) is 12.2 Å². The summed E-state index contributed by atoms with van der Waals surface area (Å²) in [6.45, 7) is 7.27. The first kappa shape index (κ1) is 11.6. The van der Waals surface area contributed by atoms with Crippen LogP contribution in [-0.4, -0.2) is 38.3 Å². The molecule has 0 fully saturated rings. The molecular weight excluding hydrogens is 123 g/mol. The van der Waals surface area contributed by atoms with E-state index in [1.54, 1.807) is 0 Å². The Hall–Kier alpha value is 0.779. The molecule has 0 amide bonds. The third kappa shape index (κ3) is 9.91. The molecule has 0 aliphatic carbocycles. The van der Waals surface area contributed by atoms with Gasteiger partial charge >= 0.3 is 23.1 Å². The van der Waals surface area contributed by atoms with Crippen LogP contribution in [0.3, 0.4) is 0 Å². The van der Waals surface area contributed by atoms with E-state index >= 15 is 0 Å². The molecule has 0 radical (unpaired) electrons. The van der Waals surface area contributed by atoms with Gasteiger partial charge < -0.3 is 0 Å². The summed E-state index contributed by atoms with van der Waals surface area (Å²) < 4.78 is 0. The van der Waals surface area contributed by atoms with Gasteiger partial charge in [0.15, 0.2) is 0 Å². The van der Waals surface area contributed by atoms with Crippen molar-refractivity contribution in [3.8, 4) is 0 Å². The second kappa shape index (κ2) is 10.7. The van der Waals surface area contributed by atoms with Crippen molar-refractivity contribution in [2.45, 2.75) is 10.6 Å². The Kier molecular flexibility index (Phi) is 15.5. The predicted octanol–water partition coefficient (Wildman–Crippen LogP) is 0.715. The quantitative estimate of drug-likeness (QED) is 0.303. The van der Waals surface area contributed by atoms with Crippen LogP contribution in [0.25, 0.3) is 0 Å². The Labute approximate surface area is 73.9 Å². The third-order valence-corrected chi connectivity index (χ3v) is 2.45. The molecule has 42 valence electrons. The van der Waals surface area contributed by atoms with E-state index in [2.05, 4.69) is 13.2 Å². The van der Waals surface area contributed by atoms with Crippen molar-refractivity contribution in [3.05, 3.63) is 25.3 Å². The number of hydrogen-bond acceptors (Lipinski definition) is 0. The zero-order valence-corrected chi connectivity index (χ0v) is 6.10. The molecule has 0 unspecified atom stereocenters. The highest BCUT2D eigenvalue weighted by Crippen LogP contribution is 1.84. The van der Waals surface area contributed by atoms with Gasteiger partial charge in [-0.25, -0.2) is 0 Å². The van der Waals surface area contributed by atoms with Gasteiger partial charge in [0.05, 0.1) is 0 Å². The van der Waals surface area contributed by atoms with Crippen LogP contribution in [0.15, 0.2) is 25.3 Å². The van der Waals surface area contributed by atoms with Gasteiger partial charge in [-0.1, -0.05) is 10.6 Å². The Bertz CT molecular complexity index is 53.5. The number of allylic oxidation sites excluding steroid dienone is 2. The van der Waals surface area contributed by atoms with Crippen LogP contribution < -0.4 is 0 Å². The summed E-state index contributed by atoms with van der Waals surface area (Å²) >= 11 is 0.175. The summed E-state index contributed by atoms with van der Waals surface area (Å²) in [5, 5.41) is 2.51. The number of hydrogen-bond donors (Lipinski definition) is 0. The van der Waals surface area contributed by atoms with Crippen LogP contribution >= 0.6 is 0 Å². The molecule has 0 spiro atoms. The van der Waals surface area contributed by atoms with Crippen LogP contribution in [0, 0.1) is 0 Å². The second-order valence-corrected chi connectivity index (χ2v) is 3.37. The molecule has 2 heteroatoms.